The summed E-state index contributed by atoms with van der Waals surface area (Å²) < 4.78 is 3.81. The molecule has 3 heteroatoms. The van der Waals surface area contributed by atoms with E-state index in [4.69, 9.17) is 0 Å². The summed E-state index contributed by atoms with van der Waals surface area (Å²) in [5.41, 5.74) is 1.30. The van der Waals surface area contributed by atoms with E-state index in [1.54, 1.807) is 0 Å². The molecule has 1 aromatic rings. The molecule has 54 valence electrons. The smallest absolute Gasteiger partial charge is 0.0275 e. The van der Waals surface area contributed by atoms with Gasteiger partial charge in [0.25, 0.3) is 0 Å². The van der Waals surface area contributed by atoms with Gasteiger partial charge in [0.1, 0.15) is 0 Å². The molecule has 0 aliphatic heterocycles. The Morgan fingerprint density at radius 2 is 1.70 bits per heavy atom. The fraction of sp³-hybridized carbons (Fsp3) is 0.143. The van der Waals surface area contributed by atoms with E-state index >= 15 is 0 Å². The SMILES string of the molecule is Cc1cc(I)c(I)cc1Br. The van der Waals surface area contributed by atoms with Crippen LogP contribution < -0.4 is 0 Å². The fourth-order valence-electron chi connectivity index (χ4n) is 0.622. The molecule has 0 amide bonds. The molecule has 0 radical (unpaired) electrons. The van der Waals surface area contributed by atoms with Gasteiger partial charge in [-0.1, -0.05) is 15.9 Å². The summed E-state index contributed by atoms with van der Waals surface area (Å²) in [6, 6.07) is 4.31. The summed E-state index contributed by atoms with van der Waals surface area (Å²) >= 11 is 8.14. The van der Waals surface area contributed by atoms with E-state index in [2.05, 4.69) is 80.2 Å². The zero-order valence-corrected chi connectivity index (χ0v) is 11.2. The van der Waals surface area contributed by atoms with Crippen molar-refractivity contribution in [2.45, 2.75) is 6.92 Å². The van der Waals surface area contributed by atoms with Gasteiger partial charge < -0.3 is 0 Å². The lowest BCUT2D eigenvalue weighted by molar-refractivity contribution is 1.39. The largest absolute Gasteiger partial charge is 0.0505 e. The third-order valence-electron chi connectivity index (χ3n) is 1.20. The van der Waals surface area contributed by atoms with Gasteiger partial charge in [0.15, 0.2) is 0 Å². The Morgan fingerprint density at radius 3 is 2.20 bits per heavy atom. The Balaban J connectivity index is 3.28. The van der Waals surface area contributed by atoms with Crippen molar-refractivity contribution in [2.75, 3.05) is 0 Å². The normalized spacial score (nSPS) is 10.0. The van der Waals surface area contributed by atoms with Crippen molar-refractivity contribution >= 4 is 61.1 Å². The number of hydrogen-bond donors (Lipinski definition) is 0. The van der Waals surface area contributed by atoms with E-state index < -0.39 is 0 Å². The molecule has 10 heavy (non-hydrogen) atoms. The highest BCUT2D eigenvalue weighted by molar-refractivity contribution is 14.1. The highest BCUT2D eigenvalue weighted by Gasteiger charge is 1.99. The summed E-state index contributed by atoms with van der Waals surface area (Å²) in [6.45, 7) is 2.10. The highest BCUT2D eigenvalue weighted by atomic mass is 127. The third-order valence-corrected chi connectivity index (χ3v) is 4.87. The first kappa shape index (κ1) is 9.25. The first-order valence-electron chi connectivity index (χ1n) is 2.72. The first-order valence-corrected chi connectivity index (χ1v) is 5.67. The molecule has 0 aliphatic carbocycles. The molecule has 0 N–H and O–H groups in total. The molecular formula is C7H5BrI2. The molecule has 0 bridgehead atoms. The molecule has 0 atom stereocenters. The lowest BCUT2D eigenvalue weighted by Crippen LogP contribution is -1.82. The molecule has 0 saturated heterocycles. The summed E-state index contributed by atoms with van der Waals surface area (Å²) in [4.78, 5) is 0. The number of rotatable bonds is 0. The standard InChI is InChI=1S/C7H5BrI2/c1-4-2-6(9)7(10)3-5(4)8/h2-3H,1H3. The van der Waals surface area contributed by atoms with Crippen LogP contribution in [0.15, 0.2) is 16.6 Å². The molecule has 0 spiro atoms. The van der Waals surface area contributed by atoms with Crippen molar-refractivity contribution < 1.29 is 0 Å². The van der Waals surface area contributed by atoms with Crippen LogP contribution in [0, 0.1) is 14.1 Å². The van der Waals surface area contributed by atoms with Crippen LogP contribution in [0.5, 0.6) is 0 Å². The third kappa shape index (κ3) is 2.07. The van der Waals surface area contributed by atoms with Gasteiger partial charge in [0, 0.05) is 11.6 Å². The minimum absolute atomic E-state index is 1.19. The Hall–Kier alpha value is 1.16. The van der Waals surface area contributed by atoms with E-state index in [1.807, 2.05) is 0 Å². The second-order valence-electron chi connectivity index (χ2n) is 2.02. The van der Waals surface area contributed by atoms with Crippen molar-refractivity contribution in [1.29, 1.82) is 0 Å². The van der Waals surface area contributed by atoms with Crippen molar-refractivity contribution in [3.05, 3.63) is 29.3 Å². The molecule has 1 rings (SSSR count). The average molecular weight is 423 g/mol. The lowest BCUT2D eigenvalue weighted by Gasteiger charge is -2.00. The van der Waals surface area contributed by atoms with Gasteiger partial charge in [-0.3, -0.25) is 0 Å². The predicted octanol–water partition coefficient (Wildman–Crippen LogP) is 3.97. The topological polar surface area (TPSA) is 0 Å². The van der Waals surface area contributed by atoms with Crippen LogP contribution in [-0.4, -0.2) is 0 Å². The van der Waals surface area contributed by atoms with E-state index in [1.165, 1.54) is 17.2 Å². The van der Waals surface area contributed by atoms with Crippen LogP contribution in [0.3, 0.4) is 0 Å². The molecular weight excluding hydrogens is 418 g/mol. The van der Waals surface area contributed by atoms with Crippen molar-refractivity contribution in [3.63, 3.8) is 0 Å². The predicted molar refractivity (Wildman–Crippen MR) is 64.3 cm³/mol. The Morgan fingerprint density at radius 1 is 1.20 bits per heavy atom. The van der Waals surface area contributed by atoms with E-state index in [0.29, 0.717) is 0 Å². The maximum Gasteiger partial charge on any atom is 0.0275 e. The first-order chi connectivity index (χ1) is 4.61. The van der Waals surface area contributed by atoms with Crippen LogP contribution in [0.25, 0.3) is 0 Å². The second-order valence-corrected chi connectivity index (χ2v) is 5.19. The van der Waals surface area contributed by atoms with E-state index in [-0.39, 0.29) is 0 Å². The molecule has 0 fully saturated rings. The van der Waals surface area contributed by atoms with Gasteiger partial charge in [-0.25, -0.2) is 0 Å². The summed E-state index contributed by atoms with van der Waals surface area (Å²) in [6.07, 6.45) is 0. The Labute approximate surface area is 96.2 Å². The zero-order chi connectivity index (χ0) is 7.72. The number of halogens is 3. The second kappa shape index (κ2) is 3.71. The number of benzene rings is 1. The van der Waals surface area contributed by atoms with Gasteiger partial charge >= 0.3 is 0 Å². The van der Waals surface area contributed by atoms with E-state index in [0.717, 1.165) is 0 Å². The maximum atomic E-state index is 3.47. The summed E-state index contributed by atoms with van der Waals surface area (Å²) in [5.74, 6) is 0. The maximum absolute atomic E-state index is 3.47. The van der Waals surface area contributed by atoms with Crippen LogP contribution >= 0.6 is 61.1 Å². The van der Waals surface area contributed by atoms with Crippen LogP contribution in [-0.2, 0) is 0 Å². The summed E-state index contributed by atoms with van der Waals surface area (Å²) in [5, 5.41) is 0. The molecule has 1 aromatic carbocycles. The fourth-order valence-corrected chi connectivity index (χ4v) is 2.48. The van der Waals surface area contributed by atoms with E-state index in [9.17, 15) is 0 Å². The summed E-state index contributed by atoms with van der Waals surface area (Å²) in [7, 11) is 0. The van der Waals surface area contributed by atoms with Crippen LogP contribution in [0.2, 0.25) is 0 Å². The average Bonchev–Trinajstić information content (AvgIpc) is 1.84. The monoisotopic (exact) mass is 422 g/mol. The van der Waals surface area contributed by atoms with Gasteiger partial charge in [-0.15, -0.1) is 0 Å². The van der Waals surface area contributed by atoms with Crippen LogP contribution in [0.4, 0.5) is 0 Å². The van der Waals surface area contributed by atoms with Crippen LogP contribution in [0.1, 0.15) is 5.56 Å². The number of hydrogen-bond acceptors (Lipinski definition) is 0. The quantitative estimate of drug-likeness (QED) is 0.438. The van der Waals surface area contributed by atoms with Crippen molar-refractivity contribution in [1.82, 2.24) is 0 Å². The number of aryl methyl sites for hydroxylation is 1. The van der Waals surface area contributed by atoms with Crippen molar-refractivity contribution in [2.24, 2.45) is 0 Å². The Bertz CT molecular complexity index is 208. The Kier molecular flexibility index (Phi) is 3.43. The minimum atomic E-state index is 1.19. The highest BCUT2D eigenvalue weighted by Crippen LogP contribution is 2.23. The van der Waals surface area contributed by atoms with Crippen molar-refractivity contribution in [3.8, 4) is 0 Å². The lowest BCUT2D eigenvalue weighted by atomic mass is 10.2. The van der Waals surface area contributed by atoms with Gasteiger partial charge in [-0.2, -0.15) is 0 Å². The molecule has 0 nitrogen and oxygen atoms in total. The van der Waals surface area contributed by atoms with Gasteiger partial charge in [-0.05, 0) is 69.8 Å². The molecule has 0 aromatic heterocycles. The molecule has 0 unspecified atom stereocenters. The molecule has 0 heterocycles. The molecule has 0 aliphatic rings. The minimum Gasteiger partial charge on any atom is -0.0505 e. The van der Waals surface area contributed by atoms with Gasteiger partial charge in [0.2, 0.25) is 0 Å². The van der Waals surface area contributed by atoms with Gasteiger partial charge in [0.05, 0.1) is 0 Å². The zero-order valence-electron chi connectivity index (χ0n) is 5.29. The molecule has 0 saturated carbocycles.